The van der Waals surface area contributed by atoms with E-state index in [1.165, 1.54) is 12.1 Å². The lowest BCUT2D eigenvalue weighted by molar-refractivity contribution is 0.514. The van der Waals surface area contributed by atoms with Crippen molar-refractivity contribution in [3.05, 3.63) is 35.6 Å². The second kappa shape index (κ2) is 4.19. The lowest BCUT2D eigenvalue weighted by atomic mass is 10.0. The Morgan fingerprint density at radius 1 is 1.36 bits per heavy atom. The van der Waals surface area contributed by atoms with E-state index >= 15 is 0 Å². The van der Waals surface area contributed by atoms with E-state index < -0.39 is 15.8 Å². The zero-order valence-corrected chi connectivity index (χ0v) is 8.97. The molecule has 0 spiro atoms. The van der Waals surface area contributed by atoms with Gasteiger partial charge in [0.05, 0.1) is 4.75 Å². The number of benzene rings is 1. The average molecular weight is 216 g/mol. The van der Waals surface area contributed by atoms with Gasteiger partial charge >= 0.3 is 0 Å². The highest BCUT2D eigenvalue weighted by Crippen LogP contribution is 2.18. The second-order valence-corrected chi connectivity index (χ2v) is 5.42. The van der Waals surface area contributed by atoms with Crippen molar-refractivity contribution in [3.63, 3.8) is 0 Å². The predicted octanol–water partition coefficient (Wildman–Crippen LogP) is 2.37. The van der Waals surface area contributed by atoms with Gasteiger partial charge in [-0.25, -0.2) is 8.60 Å². The van der Waals surface area contributed by atoms with Crippen LogP contribution in [0, 0.1) is 5.82 Å². The summed E-state index contributed by atoms with van der Waals surface area (Å²) >= 11 is -1.88. The quantitative estimate of drug-likeness (QED) is 0.787. The van der Waals surface area contributed by atoms with Crippen LogP contribution in [0.4, 0.5) is 4.39 Å². The molecule has 0 saturated carbocycles. The van der Waals surface area contributed by atoms with E-state index in [0.29, 0.717) is 6.42 Å². The fraction of sp³-hybridized carbons (Fsp3) is 0.400. The molecule has 1 aromatic rings. The standard InChI is InChI=1S/C10H13FO2S/c1-10(2,14(12)13)7-8-3-5-9(11)6-4-8/h3-6H,7H2,1-2H3,(H,12,13). The van der Waals surface area contributed by atoms with E-state index in [4.69, 9.17) is 4.55 Å². The van der Waals surface area contributed by atoms with Crippen LogP contribution in [-0.4, -0.2) is 13.5 Å². The van der Waals surface area contributed by atoms with E-state index in [1.807, 2.05) is 0 Å². The van der Waals surface area contributed by atoms with Crippen molar-refractivity contribution < 1.29 is 13.2 Å². The first kappa shape index (κ1) is 11.3. The summed E-state index contributed by atoms with van der Waals surface area (Å²) in [6.07, 6.45) is 0.455. The predicted molar refractivity (Wildman–Crippen MR) is 55.0 cm³/mol. The Morgan fingerprint density at radius 3 is 2.29 bits per heavy atom. The molecule has 0 aromatic heterocycles. The molecule has 0 saturated heterocycles. The molecule has 1 unspecified atom stereocenters. The first-order valence-corrected chi connectivity index (χ1v) is 5.38. The topological polar surface area (TPSA) is 37.3 Å². The normalized spacial score (nSPS) is 14.0. The smallest absolute Gasteiger partial charge is 0.158 e. The Labute approximate surface area is 85.4 Å². The molecule has 0 aliphatic heterocycles. The first-order chi connectivity index (χ1) is 6.42. The molecule has 0 radical (unpaired) electrons. The van der Waals surface area contributed by atoms with E-state index in [0.717, 1.165) is 5.56 Å². The summed E-state index contributed by atoms with van der Waals surface area (Å²) in [5.41, 5.74) is 0.860. The van der Waals surface area contributed by atoms with Crippen molar-refractivity contribution in [2.45, 2.75) is 25.0 Å². The third kappa shape index (κ3) is 2.89. The zero-order valence-electron chi connectivity index (χ0n) is 8.16. The Balaban J connectivity index is 2.79. The molecule has 1 rings (SSSR count). The highest BCUT2D eigenvalue weighted by atomic mass is 32.2. The SMILES string of the molecule is CC(C)(Cc1ccc(F)cc1)S(=O)O. The maximum atomic E-state index is 12.6. The van der Waals surface area contributed by atoms with Gasteiger partial charge in [0.25, 0.3) is 0 Å². The van der Waals surface area contributed by atoms with Crippen LogP contribution in [0.3, 0.4) is 0 Å². The maximum absolute atomic E-state index is 12.6. The molecule has 2 nitrogen and oxygen atoms in total. The number of hydrogen-bond donors (Lipinski definition) is 1. The van der Waals surface area contributed by atoms with E-state index in [9.17, 15) is 8.60 Å². The third-order valence-electron chi connectivity index (χ3n) is 2.02. The van der Waals surface area contributed by atoms with Gasteiger partial charge in [-0.1, -0.05) is 12.1 Å². The highest BCUT2D eigenvalue weighted by Gasteiger charge is 2.25. The summed E-state index contributed by atoms with van der Waals surface area (Å²) in [7, 11) is 0. The molecule has 0 heterocycles. The van der Waals surface area contributed by atoms with Gasteiger partial charge < -0.3 is 4.55 Å². The van der Waals surface area contributed by atoms with Gasteiger partial charge in [0.2, 0.25) is 0 Å². The molecular weight excluding hydrogens is 203 g/mol. The van der Waals surface area contributed by atoms with Crippen molar-refractivity contribution in [2.24, 2.45) is 0 Å². The molecule has 1 atom stereocenters. The third-order valence-corrected chi connectivity index (χ3v) is 3.11. The van der Waals surface area contributed by atoms with Crippen molar-refractivity contribution in [3.8, 4) is 0 Å². The molecule has 1 N–H and O–H groups in total. The van der Waals surface area contributed by atoms with Crippen LogP contribution in [0.1, 0.15) is 19.4 Å². The number of rotatable bonds is 3. The summed E-state index contributed by atoms with van der Waals surface area (Å²) in [5.74, 6) is -0.295. The van der Waals surface area contributed by atoms with E-state index in [-0.39, 0.29) is 5.82 Å². The van der Waals surface area contributed by atoms with Crippen molar-refractivity contribution in [2.75, 3.05) is 0 Å². The lowest BCUT2D eigenvalue weighted by Gasteiger charge is -2.19. The largest absolute Gasteiger partial charge is 0.306 e. The van der Waals surface area contributed by atoms with Gasteiger partial charge in [0.1, 0.15) is 5.82 Å². The van der Waals surface area contributed by atoms with Gasteiger partial charge in [-0.3, -0.25) is 0 Å². The summed E-state index contributed by atoms with van der Waals surface area (Å²) in [6.45, 7) is 3.40. The molecule has 0 aliphatic rings. The molecule has 0 fully saturated rings. The summed E-state index contributed by atoms with van der Waals surface area (Å²) in [5, 5.41) is 0. The van der Waals surface area contributed by atoms with Crippen LogP contribution in [-0.2, 0) is 17.5 Å². The molecule has 0 amide bonds. The highest BCUT2D eigenvalue weighted by molar-refractivity contribution is 7.80. The number of hydrogen-bond acceptors (Lipinski definition) is 1. The fourth-order valence-electron chi connectivity index (χ4n) is 1.16. The van der Waals surface area contributed by atoms with E-state index in [2.05, 4.69) is 0 Å². The van der Waals surface area contributed by atoms with Crippen molar-refractivity contribution >= 4 is 11.1 Å². The van der Waals surface area contributed by atoms with Crippen LogP contribution >= 0.6 is 0 Å². The maximum Gasteiger partial charge on any atom is 0.158 e. The van der Waals surface area contributed by atoms with Gasteiger partial charge in [0, 0.05) is 0 Å². The van der Waals surface area contributed by atoms with Crippen molar-refractivity contribution in [1.29, 1.82) is 0 Å². The number of halogens is 1. The zero-order chi connectivity index (χ0) is 10.8. The summed E-state index contributed by atoms with van der Waals surface area (Å²) in [6, 6.07) is 5.96. The molecule has 0 bridgehead atoms. The van der Waals surface area contributed by atoms with Crippen LogP contribution in [0.25, 0.3) is 0 Å². The van der Waals surface area contributed by atoms with Gasteiger partial charge in [-0.05, 0) is 38.0 Å². The first-order valence-electron chi connectivity index (χ1n) is 4.27. The molecular formula is C10H13FO2S. The Morgan fingerprint density at radius 2 is 1.86 bits per heavy atom. The molecule has 0 aliphatic carbocycles. The Hall–Kier alpha value is -0.740. The minimum Gasteiger partial charge on any atom is -0.306 e. The Bertz CT molecular complexity index is 332. The fourth-order valence-corrected chi connectivity index (χ4v) is 1.45. The monoisotopic (exact) mass is 216 g/mol. The minimum atomic E-state index is -1.88. The molecule has 78 valence electrons. The van der Waals surface area contributed by atoms with Crippen LogP contribution in [0.2, 0.25) is 0 Å². The van der Waals surface area contributed by atoms with Crippen LogP contribution in [0.5, 0.6) is 0 Å². The molecule has 1 aromatic carbocycles. The van der Waals surface area contributed by atoms with Crippen LogP contribution < -0.4 is 0 Å². The summed E-state index contributed by atoms with van der Waals surface area (Å²) < 4.78 is 31.8. The molecule has 4 heteroatoms. The Kier molecular flexibility index (Phi) is 3.39. The van der Waals surface area contributed by atoms with Gasteiger partial charge in [-0.15, -0.1) is 0 Å². The summed E-state index contributed by atoms with van der Waals surface area (Å²) in [4.78, 5) is 0. The second-order valence-electron chi connectivity index (χ2n) is 3.81. The van der Waals surface area contributed by atoms with Gasteiger partial charge in [0.15, 0.2) is 11.1 Å². The van der Waals surface area contributed by atoms with Crippen LogP contribution in [0.15, 0.2) is 24.3 Å². The van der Waals surface area contributed by atoms with Gasteiger partial charge in [-0.2, -0.15) is 0 Å². The average Bonchev–Trinajstić information content (AvgIpc) is 2.08. The minimum absolute atomic E-state index is 0.295. The lowest BCUT2D eigenvalue weighted by Crippen LogP contribution is -2.28. The molecule has 14 heavy (non-hydrogen) atoms. The van der Waals surface area contributed by atoms with Crippen molar-refractivity contribution in [1.82, 2.24) is 0 Å². The van der Waals surface area contributed by atoms with E-state index in [1.54, 1.807) is 26.0 Å².